The first-order chi connectivity index (χ1) is 9.95. The van der Waals surface area contributed by atoms with Crippen LogP contribution in [0, 0.1) is 6.92 Å². The first-order valence-corrected chi connectivity index (χ1v) is 7.21. The Labute approximate surface area is 129 Å². The Hall–Kier alpha value is -1.99. The number of aromatic nitrogens is 1. The Morgan fingerprint density at radius 2 is 2.19 bits per heavy atom. The summed E-state index contributed by atoms with van der Waals surface area (Å²) in [6, 6.07) is 6.19. The van der Waals surface area contributed by atoms with Crippen LogP contribution in [0.2, 0.25) is 5.02 Å². The van der Waals surface area contributed by atoms with E-state index >= 15 is 0 Å². The Morgan fingerprint density at radius 3 is 2.81 bits per heavy atom. The Kier molecular flexibility index (Phi) is 4.87. The number of carbonyl (C=O) groups excluding carboxylic acids is 1. The Bertz CT molecular complexity index is 687. The normalized spacial score (nSPS) is 10.4. The van der Waals surface area contributed by atoms with Gasteiger partial charge >= 0.3 is 5.97 Å². The zero-order chi connectivity index (χ0) is 15.4. The van der Waals surface area contributed by atoms with Gasteiger partial charge in [-0.2, -0.15) is 0 Å². The van der Waals surface area contributed by atoms with Crippen molar-refractivity contribution >= 4 is 41.1 Å². The highest BCUT2D eigenvalue weighted by atomic mass is 35.5. The van der Waals surface area contributed by atoms with E-state index in [1.807, 2.05) is 0 Å². The zero-order valence-corrected chi connectivity index (χ0v) is 12.5. The average Bonchev–Trinajstić information content (AvgIpc) is 2.82. The molecule has 2 N–H and O–H groups in total. The second-order valence-corrected chi connectivity index (χ2v) is 5.56. The van der Waals surface area contributed by atoms with Crippen LogP contribution in [0.4, 0.5) is 5.82 Å². The largest absolute Gasteiger partial charge is 0.478 e. The van der Waals surface area contributed by atoms with Crippen LogP contribution in [-0.4, -0.2) is 27.9 Å². The molecule has 21 heavy (non-hydrogen) atoms. The summed E-state index contributed by atoms with van der Waals surface area (Å²) in [5, 5.41) is 15.4. The minimum absolute atomic E-state index is 0.00852. The predicted molar refractivity (Wildman–Crippen MR) is 79.0 cm³/mol. The number of halogens is 1. The predicted octanol–water partition coefficient (Wildman–Crippen LogP) is 3.07. The number of nitrogens with one attached hydrogen (secondary N) is 1. The topological polar surface area (TPSA) is 92.4 Å². The summed E-state index contributed by atoms with van der Waals surface area (Å²) in [7, 11) is 0. The van der Waals surface area contributed by atoms with Crippen LogP contribution in [-0.2, 0) is 4.79 Å². The van der Waals surface area contributed by atoms with Gasteiger partial charge in [0.2, 0.25) is 5.91 Å². The lowest BCUT2D eigenvalue weighted by Gasteiger charge is -2.04. The maximum Gasteiger partial charge on any atom is 0.337 e. The third kappa shape index (κ3) is 4.24. The number of thioether (sulfide) groups is 1. The van der Waals surface area contributed by atoms with Gasteiger partial charge in [0.25, 0.3) is 0 Å². The van der Waals surface area contributed by atoms with Gasteiger partial charge in [-0.1, -0.05) is 16.8 Å². The number of carboxylic acids is 1. The third-order valence-electron chi connectivity index (χ3n) is 2.43. The SMILES string of the molecule is Cc1cc(NC(=O)CSc2ccc(Cl)c(C(=O)O)c2)no1. The minimum atomic E-state index is -1.11. The molecule has 0 aliphatic carbocycles. The van der Waals surface area contributed by atoms with Gasteiger partial charge in [-0.05, 0) is 25.1 Å². The van der Waals surface area contributed by atoms with Crippen LogP contribution >= 0.6 is 23.4 Å². The van der Waals surface area contributed by atoms with Crippen molar-refractivity contribution in [1.82, 2.24) is 5.16 Å². The number of nitrogens with zero attached hydrogens (tertiary/aromatic N) is 1. The van der Waals surface area contributed by atoms with Crippen LogP contribution in [0.1, 0.15) is 16.1 Å². The van der Waals surface area contributed by atoms with E-state index in [-0.39, 0.29) is 22.2 Å². The summed E-state index contributed by atoms with van der Waals surface area (Å²) in [6.45, 7) is 1.72. The zero-order valence-electron chi connectivity index (χ0n) is 10.9. The van der Waals surface area contributed by atoms with Crippen molar-refractivity contribution in [3.63, 3.8) is 0 Å². The number of aryl methyl sites for hydroxylation is 1. The van der Waals surface area contributed by atoms with E-state index in [0.717, 1.165) is 0 Å². The van der Waals surface area contributed by atoms with E-state index in [4.69, 9.17) is 21.2 Å². The van der Waals surface area contributed by atoms with Crippen LogP contribution in [0.15, 0.2) is 33.7 Å². The standard InChI is InChI=1S/C13H11ClN2O4S/c1-7-4-11(16-20-7)15-12(17)6-21-8-2-3-10(14)9(5-8)13(18)19/h2-5H,6H2,1H3,(H,18,19)(H,15,16,17). The van der Waals surface area contributed by atoms with Crippen LogP contribution in [0.25, 0.3) is 0 Å². The summed E-state index contributed by atoms with van der Waals surface area (Å²) < 4.78 is 4.83. The van der Waals surface area contributed by atoms with Crippen molar-refractivity contribution in [1.29, 1.82) is 0 Å². The first-order valence-electron chi connectivity index (χ1n) is 5.84. The van der Waals surface area contributed by atoms with Crippen molar-refractivity contribution < 1.29 is 19.2 Å². The number of anilines is 1. The second-order valence-electron chi connectivity index (χ2n) is 4.11. The summed E-state index contributed by atoms with van der Waals surface area (Å²) in [6.07, 6.45) is 0. The minimum Gasteiger partial charge on any atom is -0.478 e. The van der Waals surface area contributed by atoms with Gasteiger partial charge in [-0.15, -0.1) is 11.8 Å². The fraction of sp³-hybridized carbons (Fsp3) is 0.154. The molecule has 0 fully saturated rings. The highest BCUT2D eigenvalue weighted by Crippen LogP contribution is 2.24. The Morgan fingerprint density at radius 1 is 1.43 bits per heavy atom. The molecule has 0 saturated carbocycles. The highest BCUT2D eigenvalue weighted by molar-refractivity contribution is 8.00. The van der Waals surface area contributed by atoms with Crippen LogP contribution in [0.3, 0.4) is 0 Å². The number of amides is 1. The van der Waals surface area contributed by atoms with E-state index in [2.05, 4.69) is 10.5 Å². The molecule has 1 amide bonds. The molecule has 8 heteroatoms. The lowest BCUT2D eigenvalue weighted by Crippen LogP contribution is -2.14. The van der Waals surface area contributed by atoms with Crippen LogP contribution in [0.5, 0.6) is 0 Å². The van der Waals surface area contributed by atoms with Gasteiger partial charge < -0.3 is 14.9 Å². The van der Waals surface area contributed by atoms with Gasteiger partial charge in [-0.25, -0.2) is 4.79 Å². The molecule has 110 valence electrons. The third-order valence-corrected chi connectivity index (χ3v) is 3.76. The molecule has 0 saturated heterocycles. The van der Waals surface area contributed by atoms with E-state index < -0.39 is 5.97 Å². The smallest absolute Gasteiger partial charge is 0.337 e. The van der Waals surface area contributed by atoms with Crippen molar-refractivity contribution in [3.8, 4) is 0 Å². The van der Waals surface area contributed by atoms with E-state index in [0.29, 0.717) is 16.5 Å². The summed E-state index contributed by atoms with van der Waals surface area (Å²) in [5.41, 5.74) is 0.00852. The number of aromatic carboxylic acids is 1. The lowest BCUT2D eigenvalue weighted by atomic mass is 10.2. The molecule has 0 aliphatic heterocycles. The molecular weight excluding hydrogens is 316 g/mol. The second kappa shape index (κ2) is 6.64. The van der Waals surface area contributed by atoms with Crippen molar-refractivity contribution in [2.24, 2.45) is 0 Å². The number of hydrogen-bond acceptors (Lipinski definition) is 5. The molecule has 0 aliphatic rings. The summed E-state index contributed by atoms with van der Waals surface area (Å²) >= 11 is 6.98. The van der Waals surface area contributed by atoms with Gasteiger partial charge in [-0.3, -0.25) is 4.79 Å². The molecule has 0 unspecified atom stereocenters. The molecule has 1 heterocycles. The number of carbonyl (C=O) groups is 2. The highest BCUT2D eigenvalue weighted by Gasteiger charge is 2.11. The quantitative estimate of drug-likeness (QED) is 0.820. The summed E-state index contributed by atoms with van der Waals surface area (Å²) in [4.78, 5) is 23.3. The maximum atomic E-state index is 11.7. The molecule has 0 spiro atoms. The van der Waals surface area contributed by atoms with Gasteiger partial charge in [0, 0.05) is 11.0 Å². The molecule has 1 aromatic carbocycles. The average molecular weight is 327 g/mol. The molecule has 6 nitrogen and oxygen atoms in total. The number of benzene rings is 1. The molecule has 2 aromatic rings. The fourth-order valence-electron chi connectivity index (χ4n) is 1.51. The monoisotopic (exact) mass is 326 g/mol. The molecule has 0 bridgehead atoms. The Balaban J connectivity index is 1.95. The summed E-state index contributed by atoms with van der Waals surface area (Å²) in [5.74, 6) is -0.306. The number of hydrogen-bond donors (Lipinski definition) is 2. The molecule has 0 atom stereocenters. The lowest BCUT2D eigenvalue weighted by molar-refractivity contribution is -0.113. The van der Waals surface area contributed by atoms with Crippen molar-refractivity contribution in [2.45, 2.75) is 11.8 Å². The van der Waals surface area contributed by atoms with E-state index in [1.165, 1.54) is 23.9 Å². The van der Waals surface area contributed by atoms with Gasteiger partial charge in [0.05, 0.1) is 16.3 Å². The molecule has 1 aromatic heterocycles. The molecular formula is C13H11ClN2O4S. The van der Waals surface area contributed by atoms with Crippen molar-refractivity contribution in [2.75, 3.05) is 11.1 Å². The van der Waals surface area contributed by atoms with E-state index in [9.17, 15) is 9.59 Å². The number of carboxylic acid groups (broad SMARTS) is 1. The first kappa shape index (κ1) is 15.4. The van der Waals surface area contributed by atoms with Gasteiger partial charge in [0.1, 0.15) is 5.76 Å². The van der Waals surface area contributed by atoms with Crippen LogP contribution < -0.4 is 5.32 Å². The molecule has 0 radical (unpaired) electrons. The fourth-order valence-corrected chi connectivity index (χ4v) is 2.44. The maximum absolute atomic E-state index is 11.7. The van der Waals surface area contributed by atoms with Gasteiger partial charge in [0.15, 0.2) is 5.82 Å². The number of rotatable bonds is 5. The van der Waals surface area contributed by atoms with E-state index in [1.54, 1.807) is 19.1 Å². The van der Waals surface area contributed by atoms with Crippen molar-refractivity contribution in [3.05, 3.63) is 40.6 Å². The molecule has 2 rings (SSSR count).